The molecule has 15 heavy (non-hydrogen) atoms. The van der Waals surface area contributed by atoms with Crippen LogP contribution in [0.4, 0.5) is 0 Å². The van der Waals surface area contributed by atoms with Crippen molar-refractivity contribution in [2.75, 3.05) is 7.11 Å². The van der Waals surface area contributed by atoms with Crippen LogP contribution in [0.25, 0.3) is 5.65 Å². The van der Waals surface area contributed by atoms with Gasteiger partial charge in [0.25, 0.3) is 0 Å². The third kappa shape index (κ3) is 1.61. The van der Waals surface area contributed by atoms with Crippen LogP contribution in [-0.2, 0) is 4.74 Å². The first-order valence-corrected chi connectivity index (χ1v) is 5.01. The van der Waals surface area contributed by atoms with Crippen molar-refractivity contribution < 1.29 is 9.53 Å². The van der Waals surface area contributed by atoms with Crippen LogP contribution in [0.2, 0.25) is 0 Å². The number of imidazole rings is 1. The van der Waals surface area contributed by atoms with Gasteiger partial charge in [0.1, 0.15) is 4.60 Å². The minimum absolute atomic E-state index is 0.248. The third-order valence-corrected chi connectivity index (χ3v) is 2.56. The Kier molecular flexibility index (Phi) is 2.44. The highest BCUT2D eigenvalue weighted by molar-refractivity contribution is 9.10. The van der Waals surface area contributed by atoms with Crippen molar-refractivity contribution in [3.05, 3.63) is 28.4 Å². The molecule has 5 nitrogen and oxygen atoms in total. The lowest BCUT2D eigenvalue weighted by molar-refractivity contribution is 0.0593. The Hall–Kier alpha value is -1.43. The number of halogens is 1. The van der Waals surface area contributed by atoms with Crippen LogP contribution in [0.3, 0.4) is 0 Å². The summed E-state index contributed by atoms with van der Waals surface area (Å²) < 4.78 is 6.91. The number of rotatable bonds is 1. The number of aryl methyl sites for hydroxylation is 1. The zero-order valence-electron chi connectivity index (χ0n) is 8.19. The lowest BCUT2D eigenvalue weighted by Gasteiger charge is -2.02. The molecular weight excluding hydrogens is 262 g/mol. The van der Waals surface area contributed by atoms with Gasteiger partial charge in [0, 0.05) is 18.1 Å². The summed E-state index contributed by atoms with van der Waals surface area (Å²) in [4.78, 5) is 19.5. The number of fused-ring (bicyclic) bond motifs is 1. The van der Waals surface area contributed by atoms with Gasteiger partial charge in [-0.2, -0.15) is 0 Å². The molecule has 2 rings (SSSR count). The molecular formula is C9H8BrN3O2. The maximum absolute atomic E-state index is 11.3. The lowest BCUT2D eigenvalue weighted by atomic mass is 10.4. The molecule has 0 atom stereocenters. The van der Waals surface area contributed by atoms with Crippen molar-refractivity contribution in [3.8, 4) is 0 Å². The van der Waals surface area contributed by atoms with E-state index in [9.17, 15) is 4.79 Å². The van der Waals surface area contributed by atoms with Gasteiger partial charge in [-0.25, -0.2) is 14.8 Å². The summed E-state index contributed by atoms with van der Waals surface area (Å²) in [6.07, 6.45) is 3.32. The number of hydrogen-bond acceptors (Lipinski definition) is 4. The van der Waals surface area contributed by atoms with E-state index < -0.39 is 5.97 Å². The predicted octanol–water partition coefficient (Wildman–Crippen LogP) is 1.59. The molecule has 2 aromatic rings. The molecule has 0 fully saturated rings. The lowest BCUT2D eigenvalue weighted by Crippen LogP contribution is -2.07. The van der Waals surface area contributed by atoms with E-state index in [4.69, 9.17) is 0 Å². The molecule has 0 aromatic carbocycles. The second kappa shape index (κ2) is 3.62. The minimum atomic E-state index is -0.467. The average molecular weight is 270 g/mol. The van der Waals surface area contributed by atoms with E-state index in [0.717, 1.165) is 5.69 Å². The summed E-state index contributed by atoms with van der Waals surface area (Å²) in [6.45, 7) is 1.90. The van der Waals surface area contributed by atoms with E-state index in [-0.39, 0.29) is 5.69 Å². The second-order valence-electron chi connectivity index (χ2n) is 3.00. The van der Waals surface area contributed by atoms with E-state index in [1.54, 1.807) is 16.8 Å². The largest absolute Gasteiger partial charge is 0.464 e. The van der Waals surface area contributed by atoms with E-state index in [1.165, 1.54) is 7.11 Å². The van der Waals surface area contributed by atoms with Crippen LogP contribution in [0, 0.1) is 6.92 Å². The van der Waals surface area contributed by atoms with Gasteiger partial charge in [0.15, 0.2) is 11.3 Å². The first-order valence-electron chi connectivity index (χ1n) is 4.22. The van der Waals surface area contributed by atoms with Crippen LogP contribution < -0.4 is 0 Å². The van der Waals surface area contributed by atoms with Crippen molar-refractivity contribution in [2.45, 2.75) is 6.92 Å². The van der Waals surface area contributed by atoms with Crippen LogP contribution in [-0.4, -0.2) is 27.4 Å². The van der Waals surface area contributed by atoms with Gasteiger partial charge in [-0.05, 0) is 22.9 Å². The topological polar surface area (TPSA) is 56.5 Å². The Bertz CT molecular complexity index is 535. The van der Waals surface area contributed by atoms with Gasteiger partial charge in [-0.15, -0.1) is 0 Å². The highest BCUT2D eigenvalue weighted by atomic mass is 79.9. The van der Waals surface area contributed by atoms with Crippen LogP contribution in [0.15, 0.2) is 17.0 Å². The summed E-state index contributed by atoms with van der Waals surface area (Å²) in [5.74, 6) is -0.467. The fourth-order valence-electron chi connectivity index (χ4n) is 1.27. The number of nitrogens with zero attached hydrogens (tertiary/aromatic N) is 3. The Labute approximate surface area is 94.2 Å². The van der Waals surface area contributed by atoms with Gasteiger partial charge in [0.05, 0.1) is 7.11 Å². The van der Waals surface area contributed by atoms with Crippen molar-refractivity contribution in [3.63, 3.8) is 0 Å². The molecule has 0 N–H and O–H groups in total. The molecule has 0 aliphatic rings. The smallest absolute Gasteiger partial charge is 0.358 e. The Morgan fingerprint density at radius 1 is 1.60 bits per heavy atom. The van der Waals surface area contributed by atoms with E-state index in [0.29, 0.717) is 10.3 Å². The van der Waals surface area contributed by atoms with E-state index in [2.05, 4.69) is 30.6 Å². The van der Waals surface area contributed by atoms with Crippen LogP contribution in [0.5, 0.6) is 0 Å². The SMILES string of the molecule is COC(=O)c1cn2c(C)cnc2c(Br)n1. The molecule has 0 aliphatic heterocycles. The molecule has 0 unspecified atom stereocenters. The van der Waals surface area contributed by atoms with Crippen molar-refractivity contribution in [1.82, 2.24) is 14.4 Å². The van der Waals surface area contributed by atoms with Crippen LogP contribution >= 0.6 is 15.9 Å². The Morgan fingerprint density at radius 3 is 3.00 bits per heavy atom. The Morgan fingerprint density at radius 2 is 2.33 bits per heavy atom. The highest BCUT2D eigenvalue weighted by Crippen LogP contribution is 2.16. The summed E-state index contributed by atoms with van der Waals surface area (Å²) in [5, 5.41) is 0. The molecule has 0 bridgehead atoms. The van der Waals surface area contributed by atoms with Crippen LogP contribution in [0.1, 0.15) is 16.2 Å². The molecule has 0 spiro atoms. The third-order valence-electron chi connectivity index (χ3n) is 2.03. The number of aromatic nitrogens is 3. The number of esters is 1. The van der Waals surface area contributed by atoms with Crippen molar-refractivity contribution in [2.24, 2.45) is 0 Å². The standard InChI is InChI=1S/C9H8BrN3O2/c1-5-3-11-8-7(10)12-6(4-13(5)8)9(14)15-2/h3-4H,1-2H3. The summed E-state index contributed by atoms with van der Waals surface area (Å²) in [5.41, 5.74) is 1.86. The van der Waals surface area contributed by atoms with Crippen molar-refractivity contribution >= 4 is 27.5 Å². The number of carbonyl (C=O) groups excluding carboxylic acids is 1. The number of ether oxygens (including phenoxy) is 1. The molecule has 2 aromatic heterocycles. The molecule has 78 valence electrons. The fourth-order valence-corrected chi connectivity index (χ4v) is 1.76. The van der Waals surface area contributed by atoms with Crippen molar-refractivity contribution in [1.29, 1.82) is 0 Å². The van der Waals surface area contributed by atoms with Gasteiger partial charge in [0.2, 0.25) is 0 Å². The molecule has 0 saturated carbocycles. The van der Waals surface area contributed by atoms with Gasteiger partial charge < -0.3 is 4.74 Å². The quantitative estimate of drug-likeness (QED) is 0.738. The fraction of sp³-hybridized carbons (Fsp3) is 0.222. The molecule has 0 amide bonds. The first kappa shape index (κ1) is 10.1. The second-order valence-corrected chi connectivity index (χ2v) is 3.75. The van der Waals surface area contributed by atoms with E-state index in [1.807, 2.05) is 6.92 Å². The predicted molar refractivity (Wildman–Crippen MR) is 56.8 cm³/mol. The van der Waals surface area contributed by atoms with Gasteiger partial charge in [-0.3, -0.25) is 4.40 Å². The summed E-state index contributed by atoms with van der Waals surface area (Å²) in [6, 6.07) is 0. The first-order chi connectivity index (χ1) is 7.13. The maximum Gasteiger partial charge on any atom is 0.358 e. The maximum atomic E-state index is 11.3. The molecule has 0 radical (unpaired) electrons. The number of carbonyl (C=O) groups is 1. The summed E-state index contributed by atoms with van der Waals surface area (Å²) in [7, 11) is 1.32. The molecule has 6 heteroatoms. The zero-order chi connectivity index (χ0) is 11.0. The average Bonchev–Trinajstić information content (AvgIpc) is 2.60. The monoisotopic (exact) mass is 269 g/mol. The molecule has 2 heterocycles. The highest BCUT2D eigenvalue weighted by Gasteiger charge is 2.12. The number of hydrogen-bond donors (Lipinski definition) is 0. The van der Waals surface area contributed by atoms with E-state index >= 15 is 0 Å². The van der Waals surface area contributed by atoms with Gasteiger partial charge in [-0.1, -0.05) is 0 Å². The molecule has 0 saturated heterocycles. The summed E-state index contributed by atoms with van der Waals surface area (Å²) >= 11 is 3.26. The zero-order valence-corrected chi connectivity index (χ0v) is 9.78. The van der Waals surface area contributed by atoms with Gasteiger partial charge >= 0.3 is 5.97 Å². The normalized spacial score (nSPS) is 10.6. The Balaban J connectivity index is 2.70. The molecule has 0 aliphatic carbocycles. The number of methoxy groups -OCH3 is 1. The minimum Gasteiger partial charge on any atom is -0.464 e.